The lowest BCUT2D eigenvalue weighted by Gasteiger charge is -2.34. The number of carbonyl (C=O) groups is 2. The summed E-state index contributed by atoms with van der Waals surface area (Å²) in [5.74, 6) is -0.121. The summed E-state index contributed by atoms with van der Waals surface area (Å²) in [6.07, 6.45) is 1.21. The molecule has 0 spiro atoms. The summed E-state index contributed by atoms with van der Waals surface area (Å²) in [6, 6.07) is 6.15. The van der Waals surface area contributed by atoms with Gasteiger partial charge in [0.1, 0.15) is 0 Å². The van der Waals surface area contributed by atoms with Crippen molar-refractivity contribution in [3.8, 4) is 0 Å². The minimum absolute atomic E-state index is 0.121. The van der Waals surface area contributed by atoms with Crippen LogP contribution in [-0.2, 0) is 9.53 Å². The lowest BCUT2D eigenvalue weighted by atomic mass is 9.79. The Kier molecular flexibility index (Phi) is 4.77. The first-order valence-corrected chi connectivity index (χ1v) is 6.81. The number of rotatable bonds is 4. The molecular weight excluding hydrogens is 272 g/mol. The van der Waals surface area contributed by atoms with Gasteiger partial charge < -0.3 is 26.8 Å². The summed E-state index contributed by atoms with van der Waals surface area (Å²) in [5, 5.41) is 5.31. The largest absolute Gasteiger partial charge is 0.381 e. The van der Waals surface area contributed by atoms with Gasteiger partial charge in [0.05, 0.1) is 5.41 Å². The molecule has 0 atom stereocenters. The fraction of sp³-hybridized carbons (Fsp3) is 0.429. The third kappa shape index (κ3) is 3.71. The van der Waals surface area contributed by atoms with Crippen molar-refractivity contribution < 1.29 is 14.3 Å². The highest BCUT2D eigenvalue weighted by Crippen LogP contribution is 2.31. The Hall–Kier alpha value is -2.12. The molecule has 6 N–H and O–H groups in total. The van der Waals surface area contributed by atoms with Gasteiger partial charge in [0, 0.05) is 31.1 Å². The van der Waals surface area contributed by atoms with Gasteiger partial charge in [0.15, 0.2) is 0 Å². The predicted molar refractivity (Wildman–Crippen MR) is 79.8 cm³/mol. The molecule has 1 aromatic carbocycles. The van der Waals surface area contributed by atoms with Crippen molar-refractivity contribution in [3.05, 3.63) is 24.3 Å². The number of carbonyl (C=O) groups excluding carboxylic acids is 2. The summed E-state index contributed by atoms with van der Waals surface area (Å²) in [6.45, 7) is 1.35. The van der Waals surface area contributed by atoms with Crippen molar-refractivity contribution in [2.45, 2.75) is 12.8 Å². The maximum absolute atomic E-state index is 12.5. The number of amides is 3. The van der Waals surface area contributed by atoms with E-state index in [1.165, 1.54) is 0 Å². The molecule has 1 saturated heterocycles. The monoisotopic (exact) mass is 292 g/mol. The molecule has 0 aromatic heterocycles. The van der Waals surface area contributed by atoms with Gasteiger partial charge in [0.25, 0.3) is 0 Å². The van der Waals surface area contributed by atoms with Crippen LogP contribution in [0, 0.1) is 5.41 Å². The van der Waals surface area contributed by atoms with Gasteiger partial charge >= 0.3 is 6.03 Å². The minimum Gasteiger partial charge on any atom is -0.381 e. The molecule has 1 aliphatic heterocycles. The maximum atomic E-state index is 12.5. The number of hydrogen-bond donors (Lipinski definition) is 4. The van der Waals surface area contributed by atoms with Crippen LogP contribution in [0.5, 0.6) is 0 Å². The number of benzene rings is 1. The lowest BCUT2D eigenvalue weighted by Crippen LogP contribution is -2.46. The predicted octanol–water partition coefficient (Wildman–Crippen LogP) is 0.871. The van der Waals surface area contributed by atoms with Gasteiger partial charge in [0.2, 0.25) is 5.91 Å². The summed E-state index contributed by atoms with van der Waals surface area (Å²) in [5.41, 5.74) is 11.4. The molecule has 7 nitrogen and oxygen atoms in total. The average Bonchev–Trinajstić information content (AvgIpc) is 2.47. The van der Waals surface area contributed by atoms with Gasteiger partial charge in [-0.2, -0.15) is 0 Å². The average molecular weight is 292 g/mol. The van der Waals surface area contributed by atoms with Gasteiger partial charge in [-0.3, -0.25) is 4.79 Å². The van der Waals surface area contributed by atoms with Crippen molar-refractivity contribution in [2.24, 2.45) is 16.9 Å². The van der Waals surface area contributed by atoms with E-state index in [2.05, 4.69) is 10.6 Å². The molecule has 1 aromatic rings. The van der Waals surface area contributed by atoms with E-state index in [-0.39, 0.29) is 12.5 Å². The quantitative estimate of drug-likeness (QED) is 0.658. The van der Waals surface area contributed by atoms with Crippen LogP contribution >= 0.6 is 0 Å². The van der Waals surface area contributed by atoms with Crippen LogP contribution in [0.3, 0.4) is 0 Å². The zero-order valence-corrected chi connectivity index (χ0v) is 11.7. The Labute approximate surface area is 123 Å². The zero-order chi connectivity index (χ0) is 15.3. The van der Waals surface area contributed by atoms with Crippen molar-refractivity contribution >= 4 is 23.3 Å². The van der Waals surface area contributed by atoms with Gasteiger partial charge in [-0.25, -0.2) is 4.79 Å². The Balaban J connectivity index is 2.09. The van der Waals surface area contributed by atoms with Crippen LogP contribution in [0.2, 0.25) is 0 Å². The number of primary amides is 1. The second-order valence-corrected chi connectivity index (χ2v) is 5.12. The topological polar surface area (TPSA) is 119 Å². The van der Waals surface area contributed by atoms with Gasteiger partial charge in [-0.15, -0.1) is 0 Å². The van der Waals surface area contributed by atoms with Crippen molar-refractivity contribution in [3.63, 3.8) is 0 Å². The number of urea groups is 1. The molecule has 0 saturated carbocycles. The first-order valence-electron chi connectivity index (χ1n) is 6.81. The molecule has 2 rings (SSSR count). The van der Waals surface area contributed by atoms with Gasteiger partial charge in [-0.1, -0.05) is 6.07 Å². The van der Waals surface area contributed by atoms with E-state index < -0.39 is 11.4 Å². The molecule has 0 unspecified atom stereocenters. The molecule has 114 valence electrons. The summed E-state index contributed by atoms with van der Waals surface area (Å²) in [7, 11) is 0. The smallest absolute Gasteiger partial charge is 0.316 e. The van der Waals surface area contributed by atoms with Crippen LogP contribution in [0.4, 0.5) is 16.2 Å². The fourth-order valence-electron chi connectivity index (χ4n) is 2.37. The van der Waals surface area contributed by atoms with Crippen molar-refractivity contribution in [1.82, 2.24) is 0 Å². The van der Waals surface area contributed by atoms with Crippen LogP contribution in [0.25, 0.3) is 0 Å². The van der Waals surface area contributed by atoms with E-state index in [0.29, 0.717) is 37.4 Å². The molecule has 3 amide bonds. The highest BCUT2D eigenvalue weighted by atomic mass is 16.5. The zero-order valence-electron chi connectivity index (χ0n) is 11.7. The van der Waals surface area contributed by atoms with E-state index in [0.717, 1.165) is 0 Å². The molecule has 0 radical (unpaired) electrons. The Morgan fingerprint density at radius 3 is 2.38 bits per heavy atom. The fourth-order valence-corrected chi connectivity index (χ4v) is 2.37. The minimum atomic E-state index is -0.652. The Bertz CT molecular complexity index is 527. The third-order valence-corrected chi connectivity index (χ3v) is 3.71. The van der Waals surface area contributed by atoms with E-state index in [4.69, 9.17) is 16.2 Å². The molecule has 21 heavy (non-hydrogen) atoms. The lowest BCUT2D eigenvalue weighted by molar-refractivity contribution is -0.130. The molecule has 1 aliphatic rings. The molecule has 1 fully saturated rings. The molecule has 0 bridgehead atoms. The highest BCUT2D eigenvalue weighted by Gasteiger charge is 2.38. The maximum Gasteiger partial charge on any atom is 0.316 e. The van der Waals surface area contributed by atoms with E-state index in [9.17, 15) is 9.59 Å². The normalized spacial score (nSPS) is 17.0. The van der Waals surface area contributed by atoms with E-state index in [1.54, 1.807) is 24.3 Å². The summed E-state index contributed by atoms with van der Waals surface area (Å²) < 4.78 is 5.29. The molecular formula is C14H20N4O3. The standard InChI is InChI=1S/C14H20N4O3/c15-9-14(4-6-21-7-5-14)12(19)17-10-2-1-3-11(8-10)18-13(16)20/h1-3,8H,4-7,9,15H2,(H,17,19)(H3,16,18,20). The summed E-state index contributed by atoms with van der Waals surface area (Å²) >= 11 is 0. The first-order chi connectivity index (χ1) is 10.1. The molecule has 7 heteroatoms. The number of hydrogen-bond acceptors (Lipinski definition) is 4. The number of nitrogens with one attached hydrogen (secondary N) is 2. The van der Waals surface area contributed by atoms with Crippen molar-refractivity contribution in [1.29, 1.82) is 0 Å². The first kappa shape index (κ1) is 15.3. The van der Waals surface area contributed by atoms with Crippen molar-refractivity contribution in [2.75, 3.05) is 30.4 Å². The third-order valence-electron chi connectivity index (χ3n) is 3.71. The second-order valence-electron chi connectivity index (χ2n) is 5.12. The van der Waals surface area contributed by atoms with Crippen LogP contribution < -0.4 is 22.1 Å². The summed E-state index contributed by atoms with van der Waals surface area (Å²) in [4.78, 5) is 23.3. The second kappa shape index (κ2) is 6.55. The Morgan fingerprint density at radius 2 is 1.81 bits per heavy atom. The Morgan fingerprint density at radius 1 is 1.19 bits per heavy atom. The van der Waals surface area contributed by atoms with Crippen LogP contribution in [-0.4, -0.2) is 31.7 Å². The van der Waals surface area contributed by atoms with E-state index in [1.807, 2.05) is 0 Å². The highest BCUT2D eigenvalue weighted by molar-refractivity contribution is 5.96. The van der Waals surface area contributed by atoms with Crippen LogP contribution in [0.1, 0.15) is 12.8 Å². The molecule has 0 aliphatic carbocycles. The molecule has 1 heterocycles. The number of ether oxygens (including phenoxy) is 1. The number of nitrogens with two attached hydrogens (primary N) is 2. The SMILES string of the molecule is NCC1(C(=O)Nc2cccc(NC(N)=O)c2)CCOCC1. The van der Waals surface area contributed by atoms with Gasteiger partial charge in [-0.05, 0) is 31.0 Å². The number of anilines is 2. The van der Waals surface area contributed by atoms with E-state index >= 15 is 0 Å². The van der Waals surface area contributed by atoms with Crippen LogP contribution in [0.15, 0.2) is 24.3 Å².